The number of hydrogen-bond donors (Lipinski definition) is 2. The Morgan fingerprint density at radius 3 is 2.70 bits per heavy atom. The van der Waals surface area contributed by atoms with Crippen LogP contribution in [0.25, 0.3) is 0 Å². The predicted octanol–water partition coefficient (Wildman–Crippen LogP) is 0.474. The summed E-state index contributed by atoms with van der Waals surface area (Å²) in [7, 11) is 5.57. The fourth-order valence-electron chi connectivity index (χ4n) is 2.08. The van der Waals surface area contributed by atoms with Gasteiger partial charge in [-0.3, -0.25) is 14.4 Å². The number of nitrogens with zero attached hydrogens (tertiary/aromatic N) is 3. The molecule has 1 rings (SSSR count). The van der Waals surface area contributed by atoms with E-state index in [4.69, 9.17) is 0 Å². The first-order valence-corrected chi connectivity index (χ1v) is 6.93. The van der Waals surface area contributed by atoms with Gasteiger partial charge in [0.05, 0.1) is 18.8 Å². The zero-order chi connectivity index (χ0) is 15.3. The number of carbonyl (C=O) groups excluding carboxylic acids is 1. The maximum absolute atomic E-state index is 12.2. The van der Waals surface area contributed by atoms with Gasteiger partial charge in [0.25, 0.3) is 0 Å². The van der Waals surface area contributed by atoms with Crippen LogP contribution in [0, 0.1) is 0 Å². The van der Waals surface area contributed by atoms with Gasteiger partial charge in [-0.05, 0) is 27.4 Å². The summed E-state index contributed by atoms with van der Waals surface area (Å²) in [6.45, 7) is 3.90. The Hall–Kier alpha value is -1.40. The Balaban J connectivity index is 2.63. The number of carbonyl (C=O) groups is 1. The molecule has 2 unspecified atom stereocenters. The van der Waals surface area contributed by atoms with Gasteiger partial charge >= 0.3 is 0 Å². The Bertz CT molecular complexity index is 440. The first kappa shape index (κ1) is 16.7. The summed E-state index contributed by atoms with van der Waals surface area (Å²) < 4.78 is 1.63. The van der Waals surface area contributed by atoms with Crippen LogP contribution in [0.5, 0.6) is 0 Å². The molecule has 1 amide bonds. The first-order valence-electron chi connectivity index (χ1n) is 6.93. The summed E-state index contributed by atoms with van der Waals surface area (Å²) in [5.74, 6) is -0.0546. The highest BCUT2D eigenvalue weighted by molar-refractivity contribution is 5.81. The highest BCUT2D eigenvalue weighted by atomic mass is 16.3. The van der Waals surface area contributed by atoms with Crippen molar-refractivity contribution < 1.29 is 9.90 Å². The topological polar surface area (TPSA) is 70.4 Å². The average molecular weight is 282 g/mol. The molecule has 0 fully saturated rings. The maximum Gasteiger partial charge on any atom is 0.237 e. The van der Waals surface area contributed by atoms with E-state index < -0.39 is 5.60 Å². The van der Waals surface area contributed by atoms with Crippen LogP contribution >= 0.6 is 0 Å². The summed E-state index contributed by atoms with van der Waals surface area (Å²) in [6, 6.07) is -0.162. The molecule has 6 heteroatoms. The molecule has 114 valence electrons. The lowest BCUT2D eigenvalue weighted by Crippen LogP contribution is -2.47. The lowest BCUT2D eigenvalue weighted by Gasteiger charge is -2.26. The minimum Gasteiger partial charge on any atom is -0.383 e. The first-order chi connectivity index (χ1) is 9.27. The number of amides is 1. The normalized spacial score (nSPS) is 15.9. The van der Waals surface area contributed by atoms with E-state index in [-0.39, 0.29) is 18.5 Å². The fourth-order valence-corrected chi connectivity index (χ4v) is 2.08. The van der Waals surface area contributed by atoms with Crippen LogP contribution in [-0.2, 0) is 17.4 Å². The van der Waals surface area contributed by atoms with Crippen LogP contribution in [0.2, 0.25) is 0 Å². The van der Waals surface area contributed by atoms with Gasteiger partial charge in [-0.25, -0.2) is 0 Å². The monoisotopic (exact) mass is 282 g/mol. The smallest absolute Gasteiger partial charge is 0.237 e. The van der Waals surface area contributed by atoms with Gasteiger partial charge in [0, 0.05) is 18.8 Å². The van der Waals surface area contributed by atoms with Crippen LogP contribution in [0.3, 0.4) is 0 Å². The molecule has 1 aromatic heterocycles. The molecule has 20 heavy (non-hydrogen) atoms. The molecule has 0 aliphatic rings. The van der Waals surface area contributed by atoms with E-state index in [0.29, 0.717) is 5.56 Å². The molecule has 0 aromatic carbocycles. The van der Waals surface area contributed by atoms with Crippen molar-refractivity contribution in [3.05, 3.63) is 18.0 Å². The van der Waals surface area contributed by atoms with E-state index in [1.54, 1.807) is 31.0 Å². The van der Waals surface area contributed by atoms with Crippen LogP contribution < -0.4 is 5.32 Å². The molecule has 0 bridgehead atoms. The van der Waals surface area contributed by atoms with Crippen molar-refractivity contribution in [1.29, 1.82) is 0 Å². The Labute approximate surface area is 120 Å². The summed E-state index contributed by atoms with van der Waals surface area (Å²) in [4.78, 5) is 14.1. The van der Waals surface area contributed by atoms with Gasteiger partial charge in [-0.15, -0.1) is 0 Å². The van der Waals surface area contributed by atoms with Gasteiger partial charge in [-0.2, -0.15) is 5.10 Å². The lowest BCUT2D eigenvalue weighted by atomic mass is 9.99. The number of rotatable bonds is 7. The summed E-state index contributed by atoms with van der Waals surface area (Å²) in [5.41, 5.74) is -0.426. The summed E-state index contributed by atoms with van der Waals surface area (Å²) in [5, 5.41) is 17.3. The largest absolute Gasteiger partial charge is 0.383 e. The van der Waals surface area contributed by atoms with Crippen molar-refractivity contribution in [2.75, 3.05) is 20.6 Å². The average Bonchev–Trinajstić information content (AvgIpc) is 2.80. The SMILES string of the molecule is CCCC(C(=O)NCC(C)(O)c1cnn(C)c1)N(C)C. The van der Waals surface area contributed by atoms with Crippen molar-refractivity contribution in [2.45, 2.75) is 38.3 Å². The van der Waals surface area contributed by atoms with Gasteiger partial charge < -0.3 is 10.4 Å². The van der Waals surface area contributed by atoms with Gasteiger partial charge in [0.1, 0.15) is 5.60 Å². The minimum atomic E-state index is -1.12. The Morgan fingerprint density at radius 2 is 2.25 bits per heavy atom. The van der Waals surface area contributed by atoms with Crippen LogP contribution in [0.1, 0.15) is 32.3 Å². The molecule has 2 atom stereocenters. The van der Waals surface area contributed by atoms with Gasteiger partial charge in [0.2, 0.25) is 5.91 Å². The third-order valence-electron chi connectivity index (χ3n) is 3.42. The molecular formula is C14H26N4O2. The van der Waals surface area contributed by atoms with Crippen LogP contribution in [-0.4, -0.2) is 52.4 Å². The molecule has 0 aliphatic heterocycles. The quantitative estimate of drug-likeness (QED) is 0.763. The Kier molecular flexibility index (Phi) is 5.71. The highest BCUT2D eigenvalue weighted by Crippen LogP contribution is 2.18. The van der Waals surface area contributed by atoms with E-state index in [2.05, 4.69) is 17.3 Å². The van der Waals surface area contributed by atoms with Gasteiger partial charge in [-0.1, -0.05) is 13.3 Å². The zero-order valence-electron chi connectivity index (χ0n) is 13.1. The van der Waals surface area contributed by atoms with Gasteiger partial charge in [0.15, 0.2) is 0 Å². The second-order valence-corrected chi connectivity index (χ2v) is 5.66. The molecule has 0 saturated carbocycles. The molecule has 6 nitrogen and oxygen atoms in total. The van der Waals surface area contributed by atoms with Crippen molar-refractivity contribution in [1.82, 2.24) is 20.0 Å². The molecule has 1 aromatic rings. The number of likely N-dealkylation sites (N-methyl/N-ethyl adjacent to an activating group) is 1. The van der Waals surface area contributed by atoms with E-state index in [9.17, 15) is 9.90 Å². The standard InChI is InChI=1S/C14H26N4O2/c1-6-7-12(17(3)4)13(19)15-10-14(2,20)11-8-16-18(5)9-11/h8-9,12,20H,6-7,10H2,1-5H3,(H,15,19). The molecule has 0 saturated heterocycles. The van der Waals surface area contributed by atoms with Crippen LogP contribution in [0.15, 0.2) is 12.4 Å². The number of aryl methyl sites for hydroxylation is 1. The molecule has 1 heterocycles. The number of hydrogen-bond acceptors (Lipinski definition) is 4. The minimum absolute atomic E-state index is 0.0546. The maximum atomic E-state index is 12.2. The predicted molar refractivity (Wildman–Crippen MR) is 78.2 cm³/mol. The zero-order valence-corrected chi connectivity index (χ0v) is 13.1. The molecule has 2 N–H and O–H groups in total. The van der Waals surface area contributed by atoms with E-state index in [0.717, 1.165) is 12.8 Å². The Morgan fingerprint density at radius 1 is 1.60 bits per heavy atom. The number of aromatic nitrogens is 2. The lowest BCUT2D eigenvalue weighted by molar-refractivity contribution is -0.127. The molecule has 0 radical (unpaired) electrons. The number of nitrogens with one attached hydrogen (secondary N) is 1. The van der Waals surface area contributed by atoms with E-state index in [1.165, 1.54) is 0 Å². The third kappa shape index (κ3) is 4.31. The second kappa shape index (κ2) is 6.85. The van der Waals surface area contributed by atoms with E-state index >= 15 is 0 Å². The summed E-state index contributed by atoms with van der Waals surface area (Å²) >= 11 is 0. The summed E-state index contributed by atoms with van der Waals surface area (Å²) in [6.07, 6.45) is 5.10. The molecule has 0 spiro atoms. The number of aliphatic hydroxyl groups is 1. The molecular weight excluding hydrogens is 256 g/mol. The van der Waals surface area contributed by atoms with Crippen molar-refractivity contribution in [3.8, 4) is 0 Å². The molecule has 0 aliphatic carbocycles. The fraction of sp³-hybridized carbons (Fsp3) is 0.714. The second-order valence-electron chi connectivity index (χ2n) is 5.66. The van der Waals surface area contributed by atoms with Crippen LogP contribution in [0.4, 0.5) is 0 Å². The van der Waals surface area contributed by atoms with Crippen molar-refractivity contribution >= 4 is 5.91 Å². The highest BCUT2D eigenvalue weighted by Gasteiger charge is 2.27. The van der Waals surface area contributed by atoms with E-state index in [1.807, 2.05) is 19.0 Å². The third-order valence-corrected chi connectivity index (χ3v) is 3.42. The van der Waals surface area contributed by atoms with Crippen molar-refractivity contribution in [2.24, 2.45) is 7.05 Å². The van der Waals surface area contributed by atoms with Crippen molar-refractivity contribution in [3.63, 3.8) is 0 Å².